The van der Waals surface area contributed by atoms with Crippen molar-refractivity contribution < 1.29 is 0 Å². The van der Waals surface area contributed by atoms with Gasteiger partial charge in [-0.3, -0.25) is 0 Å². The van der Waals surface area contributed by atoms with E-state index >= 15 is 0 Å². The Hall–Kier alpha value is -2.61. The number of nitrogens with zero attached hydrogens (tertiary/aromatic N) is 4. The normalized spacial score (nSPS) is 10.0. The minimum atomic E-state index is 0.328. The predicted molar refractivity (Wildman–Crippen MR) is 78.9 cm³/mol. The molecule has 0 radical (unpaired) electrons. The first-order valence-corrected chi connectivity index (χ1v) is 6.54. The fraction of sp³-hybridized carbons (Fsp3) is 0.267. The topological polar surface area (TPSA) is 78.8 Å². The average Bonchev–Trinajstić information content (AvgIpc) is 2.47. The number of anilines is 2. The first-order chi connectivity index (χ1) is 9.72. The maximum atomic E-state index is 8.76. The number of nitrogen functional groups attached to an aromatic ring is 1. The van der Waals surface area contributed by atoms with Crippen LogP contribution in [0.25, 0.3) is 0 Å². The molecule has 2 aromatic rings. The van der Waals surface area contributed by atoms with Crippen molar-refractivity contribution in [3.63, 3.8) is 0 Å². The third-order valence-corrected chi connectivity index (χ3v) is 2.89. The highest BCUT2D eigenvalue weighted by atomic mass is 15.2. The van der Waals surface area contributed by atoms with Gasteiger partial charge < -0.3 is 10.6 Å². The summed E-state index contributed by atoms with van der Waals surface area (Å²) in [5.41, 5.74) is 8.01. The minimum absolute atomic E-state index is 0.328. The van der Waals surface area contributed by atoms with Crippen LogP contribution in [0.15, 0.2) is 36.7 Å². The monoisotopic (exact) mass is 267 g/mol. The van der Waals surface area contributed by atoms with Crippen molar-refractivity contribution in [2.45, 2.75) is 19.9 Å². The molecule has 0 fully saturated rings. The molecule has 5 heteroatoms. The molecule has 0 amide bonds. The van der Waals surface area contributed by atoms with E-state index in [9.17, 15) is 0 Å². The van der Waals surface area contributed by atoms with Crippen LogP contribution in [0.4, 0.5) is 11.5 Å². The molecular weight excluding hydrogens is 250 g/mol. The fourth-order valence-corrected chi connectivity index (χ4v) is 2.00. The quantitative estimate of drug-likeness (QED) is 0.841. The summed E-state index contributed by atoms with van der Waals surface area (Å²) in [4.78, 5) is 10.5. The van der Waals surface area contributed by atoms with Gasteiger partial charge in [-0.25, -0.2) is 9.97 Å². The third-order valence-electron chi connectivity index (χ3n) is 2.89. The van der Waals surface area contributed by atoms with E-state index in [1.54, 1.807) is 6.20 Å². The molecule has 0 bridgehead atoms. The molecule has 2 rings (SSSR count). The summed E-state index contributed by atoms with van der Waals surface area (Å²) in [7, 11) is 0. The number of aromatic nitrogens is 2. The zero-order valence-corrected chi connectivity index (χ0v) is 11.5. The lowest BCUT2D eigenvalue weighted by molar-refractivity contribution is 0.751. The Morgan fingerprint density at radius 3 is 2.75 bits per heavy atom. The molecule has 1 heterocycles. The third kappa shape index (κ3) is 3.45. The van der Waals surface area contributed by atoms with Gasteiger partial charge in [0.1, 0.15) is 11.9 Å². The van der Waals surface area contributed by atoms with Crippen LogP contribution in [0.1, 0.15) is 24.6 Å². The summed E-state index contributed by atoms with van der Waals surface area (Å²) in [5, 5.41) is 8.76. The van der Waals surface area contributed by atoms with Crippen molar-refractivity contribution in [2.75, 3.05) is 17.2 Å². The fourth-order valence-electron chi connectivity index (χ4n) is 2.00. The van der Waals surface area contributed by atoms with E-state index in [-0.39, 0.29) is 0 Å². The van der Waals surface area contributed by atoms with Gasteiger partial charge in [0, 0.05) is 18.8 Å². The van der Waals surface area contributed by atoms with Gasteiger partial charge >= 0.3 is 0 Å². The van der Waals surface area contributed by atoms with Gasteiger partial charge in [0.2, 0.25) is 0 Å². The number of hydrogen-bond acceptors (Lipinski definition) is 5. The molecule has 0 saturated carbocycles. The molecule has 0 spiro atoms. The van der Waals surface area contributed by atoms with E-state index in [1.807, 2.05) is 30.3 Å². The summed E-state index contributed by atoms with van der Waals surface area (Å²) < 4.78 is 0. The summed E-state index contributed by atoms with van der Waals surface area (Å²) in [6.45, 7) is 3.71. The van der Waals surface area contributed by atoms with E-state index in [4.69, 9.17) is 11.0 Å². The van der Waals surface area contributed by atoms with Crippen LogP contribution < -0.4 is 10.6 Å². The van der Waals surface area contributed by atoms with E-state index in [2.05, 4.69) is 21.8 Å². The van der Waals surface area contributed by atoms with Crippen LogP contribution in [-0.2, 0) is 6.54 Å². The Labute approximate surface area is 118 Å². The minimum Gasteiger partial charge on any atom is -0.399 e. The Morgan fingerprint density at radius 1 is 1.30 bits per heavy atom. The SMILES string of the molecule is CCCN(Cc1cccc(N)c1)c1cnc(C#N)cn1. The van der Waals surface area contributed by atoms with Crippen molar-refractivity contribution in [3.8, 4) is 6.07 Å². The van der Waals surface area contributed by atoms with E-state index in [1.165, 1.54) is 6.20 Å². The van der Waals surface area contributed by atoms with Gasteiger partial charge in [-0.05, 0) is 24.1 Å². The lowest BCUT2D eigenvalue weighted by Gasteiger charge is -2.23. The molecular formula is C15H17N5. The number of rotatable bonds is 5. The first-order valence-electron chi connectivity index (χ1n) is 6.54. The highest BCUT2D eigenvalue weighted by Crippen LogP contribution is 2.15. The van der Waals surface area contributed by atoms with Crippen molar-refractivity contribution in [3.05, 3.63) is 47.9 Å². The zero-order valence-electron chi connectivity index (χ0n) is 11.5. The predicted octanol–water partition coefficient (Wildman–Crippen LogP) is 2.35. The molecule has 0 aliphatic heterocycles. The summed E-state index contributed by atoms with van der Waals surface area (Å²) in [6, 6.07) is 9.78. The summed E-state index contributed by atoms with van der Waals surface area (Å²) in [6.07, 6.45) is 4.14. The highest BCUT2D eigenvalue weighted by molar-refractivity contribution is 5.44. The summed E-state index contributed by atoms with van der Waals surface area (Å²) in [5.74, 6) is 0.772. The van der Waals surface area contributed by atoms with Crippen LogP contribution in [0, 0.1) is 11.3 Å². The molecule has 2 N–H and O–H groups in total. The largest absolute Gasteiger partial charge is 0.399 e. The van der Waals surface area contributed by atoms with Gasteiger partial charge in [0.25, 0.3) is 0 Å². The second kappa shape index (κ2) is 6.53. The van der Waals surface area contributed by atoms with Crippen LogP contribution in [-0.4, -0.2) is 16.5 Å². The molecule has 20 heavy (non-hydrogen) atoms. The summed E-state index contributed by atoms with van der Waals surface area (Å²) >= 11 is 0. The second-order valence-electron chi connectivity index (χ2n) is 4.54. The van der Waals surface area contributed by atoms with Gasteiger partial charge in [-0.1, -0.05) is 19.1 Å². The van der Waals surface area contributed by atoms with Crippen molar-refractivity contribution >= 4 is 11.5 Å². The molecule has 0 saturated heterocycles. The van der Waals surface area contributed by atoms with E-state index in [0.29, 0.717) is 5.69 Å². The number of nitrogens with two attached hydrogens (primary N) is 1. The Bertz CT molecular complexity index is 600. The molecule has 0 aliphatic rings. The molecule has 0 atom stereocenters. The number of hydrogen-bond donors (Lipinski definition) is 1. The standard InChI is InChI=1S/C15H17N5/c1-2-6-20(11-12-4-3-5-13(17)7-12)15-10-18-14(8-16)9-19-15/h3-5,7,9-10H,2,6,11,17H2,1H3. The molecule has 0 unspecified atom stereocenters. The average molecular weight is 267 g/mol. The highest BCUT2D eigenvalue weighted by Gasteiger charge is 2.09. The van der Waals surface area contributed by atoms with Gasteiger partial charge in [-0.15, -0.1) is 0 Å². The van der Waals surface area contributed by atoms with E-state index < -0.39 is 0 Å². The smallest absolute Gasteiger partial charge is 0.158 e. The van der Waals surface area contributed by atoms with Crippen molar-refractivity contribution in [1.82, 2.24) is 9.97 Å². The maximum absolute atomic E-state index is 8.76. The van der Waals surface area contributed by atoms with Crippen molar-refractivity contribution in [1.29, 1.82) is 5.26 Å². The van der Waals surface area contributed by atoms with Gasteiger partial charge in [0.15, 0.2) is 5.69 Å². The maximum Gasteiger partial charge on any atom is 0.158 e. The molecule has 102 valence electrons. The molecule has 5 nitrogen and oxygen atoms in total. The van der Waals surface area contributed by atoms with Gasteiger partial charge in [-0.2, -0.15) is 5.26 Å². The zero-order chi connectivity index (χ0) is 14.4. The van der Waals surface area contributed by atoms with Crippen LogP contribution >= 0.6 is 0 Å². The lowest BCUT2D eigenvalue weighted by atomic mass is 10.2. The van der Waals surface area contributed by atoms with Crippen LogP contribution in [0.2, 0.25) is 0 Å². The number of nitriles is 1. The van der Waals surface area contributed by atoms with Crippen LogP contribution in [0.3, 0.4) is 0 Å². The van der Waals surface area contributed by atoms with E-state index in [0.717, 1.165) is 36.6 Å². The molecule has 1 aromatic heterocycles. The van der Waals surface area contributed by atoms with Crippen LogP contribution in [0.5, 0.6) is 0 Å². The first kappa shape index (κ1) is 13.8. The Balaban J connectivity index is 2.19. The Kier molecular flexibility index (Phi) is 4.51. The van der Waals surface area contributed by atoms with Gasteiger partial charge in [0.05, 0.1) is 12.4 Å². The van der Waals surface area contributed by atoms with Crippen molar-refractivity contribution in [2.24, 2.45) is 0 Å². The Morgan fingerprint density at radius 2 is 2.15 bits per heavy atom. The lowest BCUT2D eigenvalue weighted by Crippen LogP contribution is -2.24. The second-order valence-corrected chi connectivity index (χ2v) is 4.54. The molecule has 0 aliphatic carbocycles. The molecule has 1 aromatic carbocycles. The number of benzene rings is 1.